The van der Waals surface area contributed by atoms with Crippen LogP contribution in [0, 0.1) is 0 Å². The molecule has 0 atom stereocenters. The van der Waals surface area contributed by atoms with Crippen molar-refractivity contribution in [3.05, 3.63) is 136 Å². The third kappa shape index (κ3) is 8.13. The van der Waals surface area contributed by atoms with Gasteiger partial charge in [0.15, 0.2) is 0 Å². The second kappa shape index (κ2) is 14.0. The normalized spacial score (nSPS) is 14.4. The van der Waals surface area contributed by atoms with Gasteiger partial charge in [0.25, 0.3) is 11.8 Å². The van der Waals surface area contributed by atoms with Crippen LogP contribution in [0.1, 0.15) is 44.3 Å². The Balaban J connectivity index is 1.10. The minimum absolute atomic E-state index is 0.258. The van der Waals surface area contributed by atoms with Crippen molar-refractivity contribution in [3.63, 3.8) is 0 Å². The molecular weight excluding hydrogens is 546 g/mol. The van der Waals surface area contributed by atoms with E-state index in [9.17, 15) is 9.59 Å². The van der Waals surface area contributed by atoms with Gasteiger partial charge >= 0.3 is 0 Å². The molecule has 0 aromatic heterocycles. The molecule has 0 unspecified atom stereocenters. The van der Waals surface area contributed by atoms with Gasteiger partial charge in [-0.25, -0.2) is 5.43 Å². The Morgan fingerprint density at radius 2 is 1.31 bits per heavy atom. The first-order valence-electron chi connectivity index (χ1n) is 14.0. The lowest BCUT2D eigenvalue weighted by atomic mass is 10.1. The highest BCUT2D eigenvalue weighted by molar-refractivity contribution is 6.31. The number of piperazine rings is 1. The van der Waals surface area contributed by atoms with E-state index in [2.05, 4.69) is 56.0 Å². The fourth-order valence-electron chi connectivity index (χ4n) is 4.89. The van der Waals surface area contributed by atoms with Crippen molar-refractivity contribution in [2.24, 2.45) is 5.10 Å². The number of amides is 2. The Kier molecular flexibility index (Phi) is 9.77. The fourth-order valence-corrected chi connectivity index (χ4v) is 5.08. The quantitative estimate of drug-likeness (QED) is 0.187. The monoisotopic (exact) mass is 579 g/mol. The molecule has 214 valence electrons. The van der Waals surface area contributed by atoms with Crippen molar-refractivity contribution in [1.29, 1.82) is 0 Å². The number of hydrogen-bond donors (Lipinski definition) is 2. The molecule has 4 aromatic rings. The van der Waals surface area contributed by atoms with Crippen LogP contribution in [0.3, 0.4) is 0 Å². The third-order valence-corrected chi connectivity index (χ3v) is 7.52. The van der Waals surface area contributed by atoms with Gasteiger partial charge in [-0.1, -0.05) is 72.3 Å². The van der Waals surface area contributed by atoms with Crippen LogP contribution in [0.5, 0.6) is 0 Å². The van der Waals surface area contributed by atoms with Gasteiger partial charge in [-0.3, -0.25) is 19.4 Å². The molecule has 0 aliphatic carbocycles. The number of nitrogens with one attached hydrogen (secondary N) is 2. The molecule has 2 amide bonds. The molecule has 4 aromatic carbocycles. The molecule has 1 heterocycles. The summed E-state index contributed by atoms with van der Waals surface area (Å²) in [5, 5.41) is 7.66. The second-order valence-electron chi connectivity index (χ2n) is 10.4. The Morgan fingerprint density at radius 3 is 1.98 bits per heavy atom. The predicted octanol–water partition coefficient (Wildman–Crippen LogP) is 6.06. The fraction of sp³-hybridized carbons (Fsp3) is 0.206. The van der Waals surface area contributed by atoms with Crippen LogP contribution >= 0.6 is 11.6 Å². The number of benzene rings is 4. The molecule has 1 aliphatic heterocycles. The maximum absolute atomic E-state index is 12.8. The maximum Gasteiger partial charge on any atom is 0.271 e. The Hall–Kier alpha value is -4.30. The second-order valence-corrected chi connectivity index (χ2v) is 10.9. The third-order valence-electron chi connectivity index (χ3n) is 7.29. The van der Waals surface area contributed by atoms with Gasteiger partial charge in [-0.2, -0.15) is 5.10 Å². The van der Waals surface area contributed by atoms with Crippen molar-refractivity contribution < 1.29 is 9.59 Å². The summed E-state index contributed by atoms with van der Waals surface area (Å²) in [6, 6.07) is 32.4. The Labute approximate surface area is 251 Å². The lowest BCUT2D eigenvalue weighted by Gasteiger charge is -2.34. The SMILES string of the molecule is C/C(=N/NC(=O)c1ccc(CN2CCN(Cc3ccccc3)CC2)cc1)c1cccc(NC(=O)c2cccc(Cl)c2)c1. The van der Waals surface area contributed by atoms with Crippen LogP contribution < -0.4 is 10.7 Å². The molecule has 2 N–H and O–H groups in total. The molecule has 0 saturated carbocycles. The molecule has 1 saturated heterocycles. The van der Waals surface area contributed by atoms with Crippen LogP contribution in [0.25, 0.3) is 0 Å². The van der Waals surface area contributed by atoms with Gasteiger partial charge in [-0.05, 0) is 66.1 Å². The molecule has 7 nitrogen and oxygen atoms in total. The number of carbonyl (C=O) groups excluding carboxylic acids is 2. The van der Waals surface area contributed by atoms with E-state index < -0.39 is 0 Å². The lowest BCUT2D eigenvalue weighted by molar-refractivity contribution is 0.0954. The molecule has 0 radical (unpaired) electrons. The molecule has 42 heavy (non-hydrogen) atoms. The summed E-state index contributed by atoms with van der Waals surface area (Å²) in [6.07, 6.45) is 0. The molecule has 0 spiro atoms. The molecule has 1 fully saturated rings. The predicted molar refractivity (Wildman–Crippen MR) is 169 cm³/mol. The van der Waals surface area contributed by atoms with Crippen molar-refractivity contribution in [3.8, 4) is 0 Å². The van der Waals surface area contributed by atoms with Crippen molar-refractivity contribution in [1.82, 2.24) is 15.2 Å². The van der Waals surface area contributed by atoms with Crippen molar-refractivity contribution in [2.45, 2.75) is 20.0 Å². The van der Waals surface area contributed by atoms with Crippen LogP contribution in [0.4, 0.5) is 5.69 Å². The first kappa shape index (κ1) is 29.2. The topological polar surface area (TPSA) is 77.0 Å². The number of nitrogens with zero attached hydrogens (tertiary/aromatic N) is 3. The van der Waals surface area contributed by atoms with Crippen LogP contribution in [-0.2, 0) is 13.1 Å². The molecule has 5 rings (SSSR count). The van der Waals surface area contributed by atoms with E-state index in [1.807, 2.05) is 42.5 Å². The summed E-state index contributed by atoms with van der Waals surface area (Å²) in [5.41, 5.74) is 8.21. The van der Waals surface area contributed by atoms with E-state index in [0.717, 1.165) is 44.8 Å². The zero-order valence-electron chi connectivity index (χ0n) is 23.6. The number of halogens is 1. The molecule has 0 bridgehead atoms. The molecule has 1 aliphatic rings. The lowest BCUT2D eigenvalue weighted by Crippen LogP contribution is -2.45. The van der Waals surface area contributed by atoms with Crippen LogP contribution in [0.15, 0.2) is 108 Å². The van der Waals surface area contributed by atoms with Gasteiger partial charge in [0.05, 0.1) is 5.71 Å². The highest BCUT2D eigenvalue weighted by atomic mass is 35.5. The van der Waals surface area contributed by atoms with Gasteiger partial charge in [0, 0.05) is 61.1 Å². The molecule has 8 heteroatoms. The smallest absolute Gasteiger partial charge is 0.271 e. The van der Waals surface area contributed by atoms with Crippen molar-refractivity contribution >= 4 is 34.8 Å². The average molecular weight is 580 g/mol. The number of carbonyl (C=O) groups is 2. The minimum atomic E-state index is -0.277. The number of hydrogen-bond acceptors (Lipinski definition) is 5. The summed E-state index contributed by atoms with van der Waals surface area (Å²) in [6.45, 7) is 7.80. The highest BCUT2D eigenvalue weighted by Gasteiger charge is 2.17. The van der Waals surface area contributed by atoms with Gasteiger partial charge < -0.3 is 5.32 Å². The zero-order valence-corrected chi connectivity index (χ0v) is 24.3. The Morgan fingerprint density at radius 1 is 0.690 bits per heavy atom. The number of hydrazone groups is 1. The maximum atomic E-state index is 12.8. The van der Waals surface area contributed by atoms with Crippen LogP contribution in [-0.4, -0.2) is 53.5 Å². The first-order chi connectivity index (χ1) is 20.4. The van der Waals surface area contributed by atoms with Crippen molar-refractivity contribution in [2.75, 3.05) is 31.5 Å². The largest absolute Gasteiger partial charge is 0.322 e. The highest BCUT2D eigenvalue weighted by Crippen LogP contribution is 2.16. The summed E-state index contributed by atoms with van der Waals surface area (Å²) >= 11 is 6.00. The summed E-state index contributed by atoms with van der Waals surface area (Å²) in [5.74, 6) is -0.535. The summed E-state index contributed by atoms with van der Waals surface area (Å²) in [7, 11) is 0. The minimum Gasteiger partial charge on any atom is -0.322 e. The molecular formula is C34H34ClN5O2. The standard InChI is InChI=1S/C34H34ClN5O2/c1-25(29-9-6-12-32(22-29)36-33(41)30-10-5-11-31(35)21-30)37-38-34(42)28-15-13-27(14-16-28)24-40-19-17-39(18-20-40)23-26-7-3-2-4-8-26/h2-16,21-22H,17-20,23-24H2,1H3,(H,36,41)(H,38,42)/b37-25-. The van der Waals surface area contributed by atoms with E-state index in [1.54, 1.807) is 37.3 Å². The average Bonchev–Trinajstić information content (AvgIpc) is 3.01. The van der Waals surface area contributed by atoms with E-state index in [4.69, 9.17) is 11.6 Å². The first-order valence-corrected chi connectivity index (χ1v) is 14.4. The number of anilines is 1. The van der Waals surface area contributed by atoms with E-state index >= 15 is 0 Å². The van der Waals surface area contributed by atoms with E-state index in [0.29, 0.717) is 27.5 Å². The van der Waals surface area contributed by atoms with Gasteiger partial charge in [0.2, 0.25) is 0 Å². The zero-order chi connectivity index (χ0) is 29.3. The van der Waals surface area contributed by atoms with Gasteiger partial charge in [-0.15, -0.1) is 0 Å². The van der Waals surface area contributed by atoms with E-state index in [1.165, 1.54) is 11.1 Å². The van der Waals surface area contributed by atoms with Crippen LogP contribution in [0.2, 0.25) is 5.02 Å². The summed E-state index contributed by atoms with van der Waals surface area (Å²) in [4.78, 5) is 30.3. The van der Waals surface area contributed by atoms with Gasteiger partial charge in [0.1, 0.15) is 0 Å². The summed E-state index contributed by atoms with van der Waals surface area (Å²) < 4.78 is 0. The Bertz CT molecular complexity index is 1550. The number of rotatable bonds is 9. The van der Waals surface area contributed by atoms with E-state index in [-0.39, 0.29) is 11.8 Å².